The number of hydrogen-bond acceptors (Lipinski definition) is 5. The predicted molar refractivity (Wildman–Crippen MR) is 92.4 cm³/mol. The number of thiophene rings is 2. The smallest absolute Gasteiger partial charge is 0.245 e. The van der Waals surface area contributed by atoms with Crippen LogP contribution in [0.15, 0.2) is 32.3 Å². The van der Waals surface area contributed by atoms with Gasteiger partial charge >= 0.3 is 0 Å². The summed E-state index contributed by atoms with van der Waals surface area (Å²) in [6, 6.07) is 5.61. The van der Waals surface area contributed by atoms with Crippen molar-refractivity contribution in [2.45, 2.75) is 24.9 Å². The number of sulfonamides is 1. The summed E-state index contributed by atoms with van der Waals surface area (Å²) in [5, 5.41) is 5.15. The molecule has 0 bridgehead atoms. The van der Waals surface area contributed by atoms with Crippen LogP contribution < -0.4 is 5.32 Å². The Morgan fingerprint density at radius 1 is 1.38 bits per heavy atom. The predicted octanol–water partition coefficient (Wildman–Crippen LogP) is 3.50. The molecule has 4 nitrogen and oxygen atoms in total. The summed E-state index contributed by atoms with van der Waals surface area (Å²) in [6.07, 6.45) is 0. The molecule has 116 valence electrons. The van der Waals surface area contributed by atoms with E-state index in [-0.39, 0.29) is 0 Å². The molecule has 2 aromatic heterocycles. The van der Waals surface area contributed by atoms with E-state index in [4.69, 9.17) is 0 Å². The monoisotopic (exact) mass is 408 g/mol. The highest BCUT2D eigenvalue weighted by atomic mass is 79.9. The van der Waals surface area contributed by atoms with Gasteiger partial charge < -0.3 is 5.32 Å². The third-order valence-electron chi connectivity index (χ3n) is 2.90. The van der Waals surface area contributed by atoms with Crippen LogP contribution in [0.25, 0.3) is 0 Å². The van der Waals surface area contributed by atoms with Crippen molar-refractivity contribution in [1.82, 2.24) is 9.62 Å². The van der Waals surface area contributed by atoms with E-state index in [9.17, 15) is 8.42 Å². The van der Waals surface area contributed by atoms with Gasteiger partial charge in [0.25, 0.3) is 0 Å². The number of nitrogens with one attached hydrogen (secondary N) is 1. The molecule has 0 atom stereocenters. The van der Waals surface area contributed by atoms with Crippen molar-refractivity contribution in [3.63, 3.8) is 0 Å². The van der Waals surface area contributed by atoms with Gasteiger partial charge in [0.1, 0.15) is 4.90 Å². The normalized spacial score (nSPS) is 12.2. The molecule has 8 heteroatoms. The van der Waals surface area contributed by atoms with Gasteiger partial charge in [-0.3, -0.25) is 0 Å². The van der Waals surface area contributed by atoms with Crippen LogP contribution in [0.5, 0.6) is 0 Å². The van der Waals surface area contributed by atoms with E-state index in [1.54, 1.807) is 24.5 Å². The summed E-state index contributed by atoms with van der Waals surface area (Å²) >= 11 is 6.39. The zero-order valence-corrected chi connectivity index (χ0v) is 15.8. The average Bonchev–Trinajstić information content (AvgIpc) is 3.06. The minimum absolute atomic E-state index is 0.347. The van der Waals surface area contributed by atoms with Gasteiger partial charge in [-0.2, -0.15) is 4.31 Å². The molecule has 0 aliphatic heterocycles. The Labute approximate surface area is 142 Å². The molecule has 0 saturated carbocycles. The second-order valence-electron chi connectivity index (χ2n) is 4.47. The van der Waals surface area contributed by atoms with Gasteiger partial charge in [-0.15, -0.1) is 22.7 Å². The van der Waals surface area contributed by atoms with Crippen LogP contribution in [0.3, 0.4) is 0 Å². The van der Waals surface area contributed by atoms with Crippen LogP contribution in [0.4, 0.5) is 0 Å². The lowest BCUT2D eigenvalue weighted by Gasteiger charge is -2.15. The first-order valence-corrected chi connectivity index (χ1v) is 10.4. The zero-order valence-electron chi connectivity index (χ0n) is 11.8. The highest BCUT2D eigenvalue weighted by molar-refractivity contribution is 9.11. The summed E-state index contributed by atoms with van der Waals surface area (Å²) < 4.78 is 27.4. The summed E-state index contributed by atoms with van der Waals surface area (Å²) in [5.41, 5.74) is 0. The molecular weight excluding hydrogens is 392 g/mol. The van der Waals surface area contributed by atoms with Gasteiger partial charge in [0.15, 0.2) is 0 Å². The standard InChI is InChI=1S/C13H17BrN2O2S3/c1-3-15-8-11-7-12(13(14)20-11)21(17,18)16(2)9-10-5-4-6-19-10/h4-7,15H,3,8-9H2,1-2H3. The molecule has 2 rings (SSSR count). The second kappa shape index (κ2) is 7.34. The van der Waals surface area contributed by atoms with Crippen LogP contribution in [0.2, 0.25) is 0 Å². The Kier molecular flexibility index (Phi) is 5.98. The lowest BCUT2D eigenvalue weighted by Crippen LogP contribution is -2.26. The van der Waals surface area contributed by atoms with E-state index in [2.05, 4.69) is 21.2 Å². The van der Waals surface area contributed by atoms with Crippen LogP contribution in [0.1, 0.15) is 16.7 Å². The molecular formula is C13H17BrN2O2S3. The molecule has 0 spiro atoms. The number of hydrogen-bond donors (Lipinski definition) is 1. The van der Waals surface area contributed by atoms with Gasteiger partial charge in [0.2, 0.25) is 10.0 Å². The highest BCUT2D eigenvalue weighted by Crippen LogP contribution is 2.33. The van der Waals surface area contributed by atoms with E-state index in [0.717, 1.165) is 16.3 Å². The van der Waals surface area contributed by atoms with Gasteiger partial charge in [-0.1, -0.05) is 13.0 Å². The fourth-order valence-corrected chi connectivity index (χ4v) is 6.37. The van der Waals surface area contributed by atoms with Crippen LogP contribution >= 0.6 is 38.6 Å². The van der Waals surface area contributed by atoms with E-state index in [0.29, 0.717) is 21.8 Å². The third-order valence-corrected chi connectivity index (χ3v) is 7.82. The molecule has 0 radical (unpaired) electrons. The molecule has 2 aromatic rings. The summed E-state index contributed by atoms with van der Waals surface area (Å²) in [7, 11) is -1.86. The molecule has 1 N–H and O–H groups in total. The molecule has 0 saturated heterocycles. The summed E-state index contributed by atoms with van der Waals surface area (Å²) in [4.78, 5) is 2.38. The Morgan fingerprint density at radius 2 is 2.14 bits per heavy atom. The maximum atomic E-state index is 12.7. The fraction of sp³-hybridized carbons (Fsp3) is 0.385. The van der Waals surface area contributed by atoms with Crippen molar-refractivity contribution in [3.8, 4) is 0 Å². The molecule has 0 amide bonds. The Bertz CT molecular complexity index is 680. The van der Waals surface area contributed by atoms with Crippen molar-refractivity contribution in [2.75, 3.05) is 13.6 Å². The van der Waals surface area contributed by atoms with Crippen molar-refractivity contribution in [1.29, 1.82) is 0 Å². The Hall–Kier alpha value is -0.250. The fourth-order valence-electron chi connectivity index (χ4n) is 1.78. The minimum Gasteiger partial charge on any atom is -0.312 e. The van der Waals surface area contributed by atoms with E-state index in [1.165, 1.54) is 15.6 Å². The first-order valence-electron chi connectivity index (χ1n) is 6.42. The van der Waals surface area contributed by atoms with Crippen LogP contribution in [-0.2, 0) is 23.1 Å². The van der Waals surface area contributed by atoms with E-state index < -0.39 is 10.0 Å². The zero-order chi connectivity index (χ0) is 15.5. The molecule has 0 aromatic carbocycles. The topological polar surface area (TPSA) is 49.4 Å². The lowest BCUT2D eigenvalue weighted by atomic mass is 10.4. The van der Waals surface area contributed by atoms with E-state index in [1.807, 2.05) is 24.4 Å². The molecule has 0 fully saturated rings. The Balaban J connectivity index is 2.20. The largest absolute Gasteiger partial charge is 0.312 e. The van der Waals surface area contributed by atoms with Crippen molar-refractivity contribution >= 4 is 48.6 Å². The van der Waals surface area contributed by atoms with Gasteiger partial charge in [0.05, 0.1) is 3.79 Å². The number of rotatable bonds is 7. The second-order valence-corrected chi connectivity index (χ2v) is 9.97. The van der Waals surface area contributed by atoms with Crippen molar-refractivity contribution < 1.29 is 8.42 Å². The van der Waals surface area contributed by atoms with Crippen molar-refractivity contribution in [3.05, 3.63) is 37.1 Å². The van der Waals surface area contributed by atoms with Gasteiger partial charge in [0, 0.05) is 29.9 Å². The first kappa shape index (κ1) is 17.1. The lowest BCUT2D eigenvalue weighted by molar-refractivity contribution is 0.469. The average molecular weight is 409 g/mol. The maximum absolute atomic E-state index is 12.7. The van der Waals surface area contributed by atoms with Crippen molar-refractivity contribution in [2.24, 2.45) is 0 Å². The summed E-state index contributed by atoms with van der Waals surface area (Å²) in [6.45, 7) is 3.96. The molecule has 0 unspecified atom stereocenters. The SMILES string of the molecule is CCNCc1cc(S(=O)(=O)N(C)Cc2cccs2)c(Br)s1. The molecule has 0 aliphatic carbocycles. The van der Waals surface area contributed by atoms with Crippen LogP contribution in [-0.4, -0.2) is 26.3 Å². The highest BCUT2D eigenvalue weighted by Gasteiger charge is 2.26. The minimum atomic E-state index is -3.47. The molecule has 2 heterocycles. The summed E-state index contributed by atoms with van der Waals surface area (Å²) in [5.74, 6) is 0. The Morgan fingerprint density at radius 3 is 2.76 bits per heavy atom. The van der Waals surface area contributed by atoms with Crippen LogP contribution in [0, 0.1) is 0 Å². The number of halogens is 1. The van der Waals surface area contributed by atoms with Gasteiger partial charge in [-0.25, -0.2) is 8.42 Å². The number of nitrogens with zero attached hydrogens (tertiary/aromatic N) is 1. The molecule has 0 aliphatic rings. The molecule has 21 heavy (non-hydrogen) atoms. The van der Waals surface area contributed by atoms with E-state index >= 15 is 0 Å². The first-order chi connectivity index (χ1) is 9.95. The van der Waals surface area contributed by atoms with Gasteiger partial charge in [-0.05, 0) is 40.0 Å². The quantitative estimate of drug-likeness (QED) is 0.762. The third kappa shape index (κ3) is 4.14. The maximum Gasteiger partial charge on any atom is 0.245 e.